The van der Waals surface area contributed by atoms with E-state index in [4.69, 9.17) is 4.63 Å². The number of benzene rings is 1. The molecule has 1 aliphatic heterocycles. The SMILES string of the molecule is N#CC1C(c2ccccn2)=Nc2[nH]ncc2C1c1cccc2nonc12. The van der Waals surface area contributed by atoms with Crippen molar-refractivity contribution >= 4 is 22.6 Å². The molecule has 0 aliphatic carbocycles. The second kappa shape index (κ2) is 5.60. The first-order valence-corrected chi connectivity index (χ1v) is 8.01. The van der Waals surface area contributed by atoms with E-state index in [9.17, 15) is 5.26 Å². The molecule has 124 valence electrons. The average molecular weight is 341 g/mol. The zero-order chi connectivity index (χ0) is 17.5. The van der Waals surface area contributed by atoms with Gasteiger partial charge in [0.2, 0.25) is 0 Å². The topological polar surface area (TPSA) is 117 Å². The molecular weight excluding hydrogens is 330 g/mol. The number of nitriles is 1. The number of rotatable bonds is 2. The number of aliphatic imine (C=N–C) groups is 1. The van der Waals surface area contributed by atoms with Gasteiger partial charge in [-0.3, -0.25) is 10.1 Å². The van der Waals surface area contributed by atoms with Gasteiger partial charge in [-0.15, -0.1) is 0 Å². The molecule has 0 bridgehead atoms. The number of nitrogens with one attached hydrogen (secondary N) is 1. The Morgan fingerprint density at radius 3 is 2.88 bits per heavy atom. The summed E-state index contributed by atoms with van der Waals surface area (Å²) in [5, 5.41) is 25.0. The molecule has 0 fully saturated rings. The lowest BCUT2D eigenvalue weighted by atomic mass is 9.76. The summed E-state index contributed by atoms with van der Waals surface area (Å²) in [4.78, 5) is 9.00. The fraction of sp³-hybridized carbons (Fsp3) is 0.111. The van der Waals surface area contributed by atoms with Crippen molar-refractivity contribution in [3.63, 3.8) is 0 Å². The Hall–Kier alpha value is -3.86. The fourth-order valence-electron chi connectivity index (χ4n) is 3.42. The highest BCUT2D eigenvalue weighted by atomic mass is 16.6. The Labute approximate surface area is 147 Å². The molecule has 4 aromatic rings. The normalized spacial score (nSPS) is 19.0. The number of aromatic amines is 1. The van der Waals surface area contributed by atoms with Crippen molar-refractivity contribution in [3.8, 4) is 6.07 Å². The molecule has 2 unspecified atom stereocenters. The Kier molecular flexibility index (Phi) is 3.12. The highest BCUT2D eigenvalue weighted by Crippen LogP contribution is 2.43. The maximum Gasteiger partial charge on any atom is 0.152 e. The van der Waals surface area contributed by atoms with Gasteiger partial charge in [-0.1, -0.05) is 18.2 Å². The largest absolute Gasteiger partial charge is 0.261 e. The minimum absolute atomic E-state index is 0.307. The lowest BCUT2D eigenvalue weighted by Gasteiger charge is -2.26. The number of pyridine rings is 1. The highest BCUT2D eigenvalue weighted by molar-refractivity contribution is 6.06. The van der Waals surface area contributed by atoms with E-state index < -0.39 is 5.92 Å². The molecule has 0 spiro atoms. The molecule has 1 aromatic carbocycles. The summed E-state index contributed by atoms with van der Waals surface area (Å²) in [7, 11) is 0. The van der Waals surface area contributed by atoms with E-state index in [0.29, 0.717) is 28.3 Å². The molecule has 0 saturated carbocycles. The van der Waals surface area contributed by atoms with E-state index in [0.717, 1.165) is 11.1 Å². The Morgan fingerprint density at radius 2 is 2.04 bits per heavy atom. The minimum Gasteiger partial charge on any atom is -0.261 e. The van der Waals surface area contributed by atoms with Crippen LogP contribution in [0.5, 0.6) is 0 Å². The first-order chi connectivity index (χ1) is 12.9. The Morgan fingerprint density at radius 1 is 1.08 bits per heavy atom. The minimum atomic E-state index is -0.544. The van der Waals surface area contributed by atoms with Gasteiger partial charge in [-0.25, -0.2) is 9.62 Å². The van der Waals surface area contributed by atoms with Gasteiger partial charge in [0.15, 0.2) is 5.82 Å². The molecular formula is C18H11N7O. The molecule has 1 aliphatic rings. The van der Waals surface area contributed by atoms with Crippen LogP contribution in [0.1, 0.15) is 22.7 Å². The van der Waals surface area contributed by atoms with E-state index in [1.165, 1.54) is 0 Å². The molecule has 0 amide bonds. The maximum absolute atomic E-state index is 9.99. The van der Waals surface area contributed by atoms with Crippen molar-refractivity contribution in [1.82, 2.24) is 25.5 Å². The van der Waals surface area contributed by atoms with Crippen LogP contribution in [-0.4, -0.2) is 31.2 Å². The summed E-state index contributed by atoms with van der Waals surface area (Å²) in [6.07, 6.45) is 3.39. The van der Waals surface area contributed by atoms with Gasteiger partial charge in [0.25, 0.3) is 0 Å². The van der Waals surface area contributed by atoms with Crippen LogP contribution in [0, 0.1) is 17.2 Å². The third-order valence-corrected chi connectivity index (χ3v) is 4.56. The van der Waals surface area contributed by atoms with Crippen LogP contribution in [0.4, 0.5) is 5.82 Å². The van der Waals surface area contributed by atoms with Crippen molar-refractivity contribution in [2.75, 3.05) is 0 Å². The summed E-state index contributed by atoms with van der Waals surface area (Å²) in [6, 6.07) is 13.6. The monoisotopic (exact) mass is 341 g/mol. The van der Waals surface area contributed by atoms with E-state index in [-0.39, 0.29) is 5.92 Å². The van der Waals surface area contributed by atoms with Crippen molar-refractivity contribution in [2.24, 2.45) is 10.9 Å². The number of hydrogen-bond donors (Lipinski definition) is 1. The van der Waals surface area contributed by atoms with Gasteiger partial charge in [-0.2, -0.15) is 10.4 Å². The molecule has 26 heavy (non-hydrogen) atoms. The molecule has 4 heterocycles. The van der Waals surface area contributed by atoms with Gasteiger partial charge in [0.05, 0.1) is 23.7 Å². The molecule has 5 rings (SSSR count). The smallest absolute Gasteiger partial charge is 0.152 e. The van der Waals surface area contributed by atoms with Crippen molar-refractivity contribution in [3.05, 3.63) is 65.6 Å². The third kappa shape index (κ3) is 2.04. The molecule has 1 N–H and O–H groups in total. The molecule has 0 radical (unpaired) electrons. The Balaban J connectivity index is 1.77. The zero-order valence-electron chi connectivity index (χ0n) is 13.4. The second-order valence-electron chi connectivity index (χ2n) is 5.95. The van der Waals surface area contributed by atoms with Crippen molar-refractivity contribution in [1.29, 1.82) is 5.26 Å². The van der Waals surface area contributed by atoms with Crippen LogP contribution < -0.4 is 0 Å². The van der Waals surface area contributed by atoms with Gasteiger partial charge in [0.1, 0.15) is 17.0 Å². The standard InChI is InChI=1S/C18H11N7O/c19-8-11-15(10-4-3-6-14-17(10)25-26-24-14)12-9-21-23-18(12)22-16(11)13-5-1-2-7-20-13/h1-7,9,11,15H,(H,21,23). The fourth-order valence-corrected chi connectivity index (χ4v) is 3.42. The van der Waals surface area contributed by atoms with E-state index in [2.05, 4.69) is 36.6 Å². The zero-order valence-corrected chi connectivity index (χ0v) is 13.4. The summed E-state index contributed by atoms with van der Waals surface area (Å²) in [5.41, 5.74) is 4.23. The number of nitrogens with zero attached hydrogens (tertiary/aromatic N) is 6. The van der Waals surface area contributed by atoms with Gasteiger partial charge in [0, 0.05) is 17.7 Å². The first-order valence-electron chi connectivity index (χ1n) is 8.01. The first kappa shape index (κ1) is 14.5. The second-order valence-corrected chi connectivity index (χ2v) is 5.95. The predicted molar refractivity (Wildman–Crippen MR) is 91.8 cm³/mol. The van der Waals surface area contributed by atoms with Crippen molar-refractivity contribution < 1.29 is 4.63 Å². The highest BCUT2D eigenvalue weighted by Gasteiger charge is 2.38. The maximum atomic E-state index is 9.99. The number of fused-ring (bicyclic) bond motifs is 2. The summed E-state index contributed by atoms with van der Waals surface area (Å²) in [6.45, 7) is 0. The van der Waals surface area contributed by atoms with Crippen LogP contribution in [0.25, 0.3) is 11.0 Å². The molecule has 2 atom stereocenters. The quantitative estimate of drug-likeness (QED) is 0.599. The van der Waals surface area contributed by atoms with E-state index in [1.54, 1.807) is 12.4 Å². The van der Waals surface area contributed by atoms with Gasteiger partial charge in [-0.05, 0) is 34.1 Å². The van der Waals surface area contributed by atoms with Gasteiger partial charge < -0.3 is 0 Å². The van der Waals surface area contributed by atoms with Crippen LogP contribution in [0.2, 0.25) is 0 Å². The van der Waals surface area contributed by atoms with Crippen LogP contribution in [0.3, 0.4) is 0 Å². The number of H-pyrrole nitrogens is 1. The van der Waals surface area contributed by atoms with Crippen LogP contribution in [-0.2, 0) is 0 Å². The summed E-state index contributed by atoms with van der Waals surface area (Å²) < 4.78 is 4.90. The molecule has 3 aromatic heterocycles. The molecule has 8 nitrogen and oxygen atoms in total. The van der Waals surface area contributed by atoms with E-state index >= 15 is 0 Å². The summed E-state index contributed by atoms with van der Waals surface area (Å²) >= 11 is 0. The average Bonchev–Trinajstić information content (AvgIpc) is 3.36. The number of hydrogen-bond acceptors (Lipinski definition) is 7. The molecule has 0 saturated heterocycles. The number of aromatic nitrogens is 5. The van der Waals surface area contributed by atoms with Crippen LogP contribution >= 0.6 is 0 Å². The third-order valence-electron chi connectivity index (χ3n) is 4.56. The summed E-state index contributed by atoms with van der Waals surface area (Å²) in [5.74, 6) is -0.230. The van der Waals surface area contributed by atoms with Crippen molar-refractivity contribution in [2.45, 2.75) is 5.92 Å². The van der Waals surface area contributed by atoms with E-state index in [1.807, 2.05) is 36.4 Å². The lowest BCUT2D eigenvalue weighted by molar-refractivity contribution is 0.315. The Bertz CT molecular complexity index is 1170. The predicted octanol–water partition coefficient (Wildman–Crippen LogP) is 2.75. The lowest BCUT2D eigenvalue weighted by Crippen LogP contribution is -2.26. The van der Waals surface area contributed by atoms with Crippen LogP contribution in [0.15, 0.2) is 58.4 Å². The molecule has 8 heteroatoms. The van der Waals surface area contributed by atoms with Gasteiger partial charge >= 0.3 is 0 Å².